The Kier molecular flexibility index (Phi) is 13.1. The molecule has 2 heterocycles. The quantitative estimate of drug-likeness (QED) is 0.214. The summed E-state index contributed by atoms with van der Waals surface area (Å²) >= 11 is 0. The van der Waals surface area contributed by atoms with Gasteiger partial charge in [0.05, 0.1) is 19.6 Å². The normalized spacial score (nSPS) is 30.9. The number of carbonyl (C=O) groups is 3. The summed E-state index contributed by atoms with van der Waals surface area (Å²) in [4.78, 5) is 40.5. The molecule has 0 saturated carbocycles. The van der Waals surface area contributed by atoms with Crippen LogP contribution in [-0.4, -0.2) is 109 Å². The molecule has 0 radical (unpaired) electrons. The van der Waals surface area contributed by atoms with Gasteiger partial charge < -0.3 is 39.0 Å². The number of hydrogen-bond donors (Lipinski definition) is 2. The first kappa shape index (κ1) is 33.3. The maximum atomic E-state index is 12.9. The second kappa shape index (κ2) is 15.8. The van der Waals surface area contributed by atoms with Crippen molar-refractivity contribution in [3.8, 4) is 0 Å². The fourth-order valence-corrected chi connectivity index (χ4v) is 4.43. The van der Waals surface area contributed by atoms with E-state index in [-0.39, 0.29) is 37.7 Å². The number of cyclic esters (lactones) is 1. The Bertz CT molecular complexity index is 938. The van der Waals surface area contributed by atoms with Crippen LogP contribution in [0.5, 0.6) is 0 Å². The molecule has 2 N–H and O–H groups in total. The number of piperazine rings is 1. The molecule has 226 valence electrons. The number of amides is 1. The zero-order valence-electron chi connectivity index (χ0n) is 24.6. The molecule has 0 aromatic rings. The molecule has 0 spiro atoms. The lowest BCUT2D eigenvalue weighted by atomic mass is 9.89. The Morgan fingerprint density at radius 3 is 2.58 bits per heavy atom. The average molecular weight is 567 g/mol. The summed E-state index contributed by atoms with van der Waals surface area (Å²) < 4.78 is 21.0. The van der Waals surface area contributed by atoms with Crippen LogP contribution in [-0.2, 0) is 23.7 Å². The van der Waals surface area contributed by atoms with E-state index in [1.165, 1.54) is 7.11 Å². The summed E-state index contributed by atoms with van der Waals surface area (Å²) in [5, 5.41) is 21.7. The molecule has 0 bridgehead atoms. The maximum absolute atomic E-state index is 12.9. The summed E-state index contributed by atoms with van der Waals surface area (Å²) in [7, 11) is 3.24. The highest BCUT2D eigenvalue weighted by Crippen LogP contribution is 2.27. The topological polar surface area (TPSA) is 135 Å². The van der Waals surface area contributed by atoms with Crippen LogP contribution in [0.3, 0.4) is 0 Å². The maximum Gasteiger partial charge on any atom is 0.507 e. The number of aliphatic hydroxyl groups excluding tert-OH is 1. The fourth-order valence-electron chi connectivity index (χ4n) is 4.43. The molecular formula is C29H46N2O9. The van der Waals surface area contributed by atoms with E-state index in [0.29, 0.717) is 13.1 Å². The number of allylic oxidation sites excluding steroid dienone is 2. The highest BCUT2D eigenvalue weighted by Gasteiger charge is 2.36. The van der Waals surface area contributed by atoms with Crippen molar-refractivity contribution >= 4 is 18.2 Å². The van der Waals surface area contributed by atoms with Gasteiger partial charge in [0, 0.05) is 38.0 Å². The van der Waals surface area contributed by atoms with E-state index in [0.717, 1.165) is 18.7 Å². The second-order valence-electron chi connectivity index (χ2n) is 11.0. The van der Waals surface area contributed by atoms with Gasteiger partial charge in [-0.25, -0.2) is 9.59 Å². The van der Waals surface area contributed by atoms with E-state index >= 15 is 0 Å². The molecule has 2 aliphatic rings. The summed E-state index contributed by atoms with van der Waals surface area (Å²) in [6.07, 6.45) is 4.98. The first-order valence-corrected chi connectivity index (χ1v) is 13.8. The molecule has 1 fully saturated rings. The minimum Gasteiger partial charge on any atom is -0.457 e. The van der Waals surface area contributed by atoms with Crippen molar-refractivity contribution in [3.63, 3.8) is 0 Å². The van der Waals surface area contributed by atoms with Crippen LogP contribution < -0.4 is 0 Å². The van der Waals surface area contributed by atoms with Gasteiger partial charge in [-0.05, 0) is 45.4 Å². The van der Waals surface area contributed by atoms with Gasteiger partial charge in [0.1, 0.15) is 18.3 Å². The smallest absolute Gasteiger partial charge is 0.457 e. The van der Waals surface area contributed by atoms with Crippen LogP contribution in [0.2, 0.25) is 0 Å². The number of ether oxygens (including phenoxy) is 4. The van der Waals surface area contributed by atoms with Crippen LogP contribution in [0.4, 0.5) is 9.59 Å². The number of rotatable bonds is 6. The van der Waals surface area contributed by atoms with E-state index in [4.69, 9.17) is 14.2 Å². The van der Waals surface area contributed by atoms with Crippen LogP contribution in [0, 0.1) is 11.8 Å². The third-order valence-electron chi connectivity index (χ3n) is 7.19. The first-order valence-electron chi connectivity index (χ1n) is 13.8. The summed E-state index contributed by atoms with van der Waals surface area (Å²) in [5.74, 6) is -0.967. The van der Waals surface area contributed by atoms with Gasteiger partial charge in [-0.1, -0.05) is 38.2 Å². The number of carbonyl (C=O) groups excluding carboxylic acids is 3. The number of hydrogen-bond acceptors (Lipinski definition) is 10. The molecule has 2 rings (SSSR count). The zero-order valence-corrected chi connectivity index (χ0v) is 24.6. The van der Waals surface area contributed by atoms with Crippen molar-refractivity contribution in [1.82, 2.24) is 9.80 Å². The Hall–Kier alpha value is -2.89. The lowest BCUT2D eigenvalue weighted by Gasteiger charge is -2.36. The molecule has 0 aromatic carbocycles. The molecule has 0 unspecified atom stereocenters. The minimum absolute atomic E-state index is 0.0764. The first-order chi connectivity index (χ1) is 18.8. The summed E-state index contributed by atoms with van der Waals surface area (Å²) in [5.41, 5.74) is -0.722. The van der Waals surface area contributed by atoms with E-state index in [9.17, 15) is 24.6 Å². The van der Waals surface area contributed by atoms with Gasteiger partial charge in [-0.3, -0.25) is 4.79 Å². The average Bonchev–Trinajstić information content (AvgIpc) is 2.90. The van der Waals surface area contributed by atoms with Gasteiger partial charge in [-0.2, -0.15) is 0 Å². The largest absolute Gasteiger partial charge is 0.507 e. The zero-order chi connectivity index (χ0) is 29.9. The van der Waals surface area contributed by atoms with E-state index < -0.39 is 42.1 Å². The number of nitrogens with zero attached hydrogens (tertiary/aromatic N) is 2. The second-order valence-corrected chi connectivity index (χ2v) is 11.0. The Balaban J connectivity index is 2.23. The van der Waals surface area contributed by atoms with Crippen LogP contribution in [0.1, 0.15) is 47.0 Å². The monoisotopic (exact) mass is 566 g/mol. The predicted octanol–water partition coefficient (Wildman–Crippen LogP) is 3.06. The van der Waals surface area contributed by atoms with Crippen molar-refractivity contribution in [2.24, 2.45) is 11.8 Å². The van der Waals surface area contributed by atoms with Crippen LogP contribution >= 0.6 is 0 Å². The number of methoxy groups -OCH3 is 1. The summed E-state index contributed by atoms with van der Waals surface area (Å²) in [6.45, 7) is 9.82. The highest BCUT2D eigenvalue weighted by molar-refractivity contribution is 5.70. The molecule has 6 atom stereocenters. The van der Waals surface area contributed by atoms with Crippen molar-refractivity contribution < 1.29 is 43.5 Å². The molecule has 0 aromatic heterocycles. The van der Waals surface area contributed by atoms with E-state index in [1.54, 1.807) is 36.1 Å². The fraction of sp³-hybridized carbons (Fsp3) is 0.690. The molecule has 11 nitrogen and oxygen atoms in total. The standard InChI is InChI=1S/C29H46N2O9/c1-20(19-38-28(35)37-6)8-7-9-21(2)26-22(3)10-11-24(39-27(34)31-16-14-30(5)15-17-31)29(4,36)13-12-23(32)18-25(33)40-26/h7-11,20,22-24,26,32,36H,12-19H2,1-6H3/b8-7+,11-10+,21-9+/t20-,22+,23-,24+,26-,29-/m1/s1. The lowest BCUT2D eigenvalue weighted by molar-refractivity contribution is -0.151. The lowest BCUT2D eigenvalue weighted by Crippen LogP contribution is -2.50. The Morgan fingerprint density at radius 1 is 1.25 bits per heavy atom. The molecule has 1 amide bonds. The SMILES string of the molecule is COC(=O)OC[C@H](C)/C=C/C=C(\C)[C@H]1OC(=O)C[C@H](O)CC[C@@](C)(O)[C@@H](OC(=O)N2CCN(C)CC2)/C=C/[C@@H]1C. The Morgan fingerprint density at radius 2 is 1.93 bits per heavy atom. The third kappa shape index (κ3) is 10.9. The van der Waals surface area contributed by atoms with Gasteiger partial charge in [0.15, 0.2) is 6.10 Å². The van der Waals surface area contributed by atoms with Crippen molar-refractivity contribution in [1.29, 1.82) is 0 Å². The van der Waals surface area contributed by atoms with Crippen LogP contribution in [0.15, 0.2) is 36.0 Å². The molecule has 1 saturated heterocycles. The summed E-state index contributed by atoms with van der Waals surface area (Å²) in [6, 6.07) is 0. The van der Waals surface area contributed by atoms with Crippen molar-refractivity contribution in [3.05, 3.63) is 36.0 Å². The van der Waals surface area contributed by atoms with E-state index in [1.807, 2.05) is 33.9 Å². The molecule has 40 heavy (non-hydrogen) atoms. The van der Waals surface area contributed by atoms with Crippen molar-refractivity contribution in [2.45, 2.75) is 70.9 Å². The Labute approximate surface area is 237 Å². The predicted molar refractivity (Wildman–Crippen MR) is 148 cm³/mol. The molecule has 2 aliphatic heterocycles. The molecule has 11 heteroatoms. The highest BCUT2D eigenvalue weighted by atomic mass is 16.7. The third-order valence-corrected chi connectivity index (χ3v) is 7.19. The molecular weight excluding hydrogens is 520 g/mol. The van der Waals surface area contributed by atoms with Gasteiger partial charge in [0.2, 0.25) is 0 Å². The van der Waals surface area contributed by atoms with Crippen LogP contribution in [0.25, 0.3) is 0 Å². The molecule has 0 aliphatic carbocycles. The number of aliphatic hydroxyl groups is 2. The van der Waals surface area contributed by atoms with Gasteiger partial charge in [0.25, 0.3) is 0 Å². The minimum atomic E-state index is -1.46. The van der Waals surface area contributed by atoms with E-state index in [2.05, 4.69) is 9.64 Å². The number of likely N-dealkylation sites (N-methyl/N-ethyl adjacent to an activating group) is 1. The number of esters is 1. The van der Waals surface area contributed by atoms with Gasteiger partial charge in [-0.15, -0.1) is 0 Å². The van der Waals surface area contributed by atoms with Gasteiger partial charge >= 0.3 is 18.2 Å². The van der Waals surface area contributed by atoms with Crippen molar-refractivity contribution in [2.75, 3.05) is 46.9 Å².